The normalized spacial score (nSPS) is 14.0. The Kier molecular flexibility index (Phi) is 2.27. The Labute approximate surface area is 81.6 Å². The molecule has 4 nitrogen and oxygen atoms in total. The molecule has 1 aromatic rings. The maximum atomic E-state index is 11.2. The Morgan fingerprint density at radius 2 is 2.43 bits per heavy atom. The molecule has 14 heavy (non-hydrogen) atoms. The highest BCUT2D eigenvalue weighted by atomic mass is 16.5. The molecule has 5 heteroatoms. The Hall–Kier alpha value is -1.33. The maximum Gasteiger partial charge on any atom is 0.491 e. The topological polar surface area (TPSA) is 55.8 Å². The first kappa shape index (κ1) is 9.24. The molecule has 0 spiro atoms. The number of benzene rings is 1. The van der Waals surface area contributed by atoms with Crippen LogP contribution in [0.5, 0.6) is 0 Å². The number of ether oxygens (including phenoxy) is 1. The molecule has 72 valence electrons. The van der Waals surface area contributed by atoms with Crippen LogP contribution in [0.25, 0.3) is 0 Å². The lowest BCUT2D eigenvalue weighted by Gasteiger charge is -2.02. The molecule has 1 aliphatic heterocycles. The number of carbonyl (C=O) groups is 1. The predicted molar refractivity (Wildman–Crippen MR) is 50.2 cm³/mol. The number of carbonyl (C=O) groups excluding carboxylic acids is 1. The van der Waals surface area contributed by atoms with E-state index in [9.17, 15) is 9.82 Å². The largest absolute Gasteiger partial charge is 0.491 e. The first-order valence-corrected chi connectivity index (χ1v) is 4.23. The van der Waals surface area contributed by atoms with Gasteiger partial charge < -0.3 is 14.4 Å². The van der Waals surface area contributed by atoms with E-state index in [1.54, 1.807) is 18.2 Å². The Balaban J connectivity index is 2.39. The minimum absolute atomic E-state index is 0.387. The second kappa shape index (κ2) is 3.44. The minimum atomic E-state index is -0.922. The first-order chi connectivity index (χ1) is 6.72. The third-order valence-corrected chi connectivity index (χ3v) is 2.23. The van der Waals surface area contributed by atoms with Crippen LogP contribution in [0.15, 0.2) is 18.2 Å². The van der Waals surface area contributed by atoms with Gasteiger partial charge in [0.05, 0.1) is 19.3 Å². The van der Waals surface area contributed by atoms with E-state index in [4.69, 9.17) is 4.65 Å². The van der Waals surface area contributed by atoms with Crippen molar-refractivity contribution in [3.8, 4) is 0 Å². The summed E-state index contributed by atoms with van der Waals surface area (Å²) >= 11 is 0. The highest BCUT2D eigenvalue weighted by Gasteiger charge is 2.27. The fourth-order valence-electron chi connectivity index (χ4n) is 1.46. The lowest BCUT2D eigenvalue weighted by Crippen LogP contribution is -2.28. The van der Waals surface area contributed by atoms with Crippen molar-refractivity contribution in [2.45, 2.75) is 6.61 Å². The van der Waals surface area contributed by atoms with E-state index in [0.717, 1.165) is 5.56 Å². The SMILES string of the molecule is COC(=O)c1ccc2c(c1)B(O)OC2. The molecule has 0 saturated carbocycles. The lowest BCUT2D eigenvalue weighted by atomic mass is 9.79. The number of methoxy groups -OCH3 is 1. The van der Waals surface area contributed by atoms with Crippen molar-refractivity contribution >= 4 is 18.6 Å². The molecule has 0 aliphatic carbocycles. The van der Waals surface area contributed by atoms with Gasteiger partial charge in [0, 0.05) is 0 Å². The second-order valence-corrected chi connectivity index (χ2v) is 3.07. The zero-order chi connectivity index (χ0) is 10.1. The van der Waals surface area contributed by atoms with Gasteiger partial charge in [-0.1, -0.05) is 6.07 Å². The van der Waals surface area contributed by atoms with Gasteiger partial charge in [-0.25, -0.2) is 4.79 Å². The van der Waals surface area contributed by atoms with E-state index in [1.165, 1.54) is 7.11 Å². The monoisotopic (exact) mass is 192 g/mol. The molecule has 0 radical (unpaired) electrons. The van der Waals surface area contributed by atoms with Gasteiger partial charge in [0.15, 0.2) is 0 Å². The fraction of sp³-hybridized carbons (Fsp3) is 0.222. The van der Waals surface area contributed by atoms with Crippen molar-refractivity contribution < 1.29 is 19.2 Å². The van der Waals surface area contributed by atoms with Crippen LogP contribution in [0, 0.1) is 0 Å². The molecule has 0 bridgehead atoms. The van der Waals surface area contributed by atoms with Crippen molar-refractivity contribution in [2.75, 3.05) is 7.11 Å². The Bertz CT molecular complexity index is 377. The van der Waals surface area contributed by atoms with Crippen LogP contribution >= 0.6 is 0 Å². The van der Waals surface area contributed by atoms with Crippen molar-refractivity contribution in [1.29, 1.82) is 0 Å². The maximum absolute atomic E-state index is 11.2. The summed E-state index contributed by atoms with van der Waals surface area (Å²) in [6.45, 7) is 0.387. The number of esters is 1. The molecule has 0 fully saturated rings. The van der Waals surface area contributed by atoms with Gasteiger partial charge in [-0.05, 0) is 23.2 Å². The number of hydrogen-bond acceptors (Lipinski definition) is 4. The summed E-state index contributed by atoms with van der Waals surface area (Å²) in [4.78, 5) is 11.2. The van der Waals surface area contributed by atoms with Crippen LogP contribution in [-0.2, 0) is 16.0 Å². The predicted octanol–water partition coefficient (Wildman–Crippen LogP) is -0.309. The minimum Gasteiger partial charge on any atom is -0.465 e. The molecular weight excluding hydrogens is 183 g/mol. The van der Waals surface area contributed by atoms with E-state index in [1.807, 2.05) is 0 Å². The number of hydrogen-bond donors (Lipinski definition) is 1. The van der Waals surface area contributed by atoms with Gasteiger partial charge in [0.2, 0.25) is 0 Å². The number of rotatable bonds is 1. The van der Waals surface area contributed by atoms with Gasteiger partial charge in [-0.15, -0.1) is 0 Å². The van der Waals surface area contributed by atoms with Gasteiger partial charge in [0.1, 0.15) is 0 Å². The summed E-state index contributed by atoms with van der Waals surface area (Å²) in [5, 5.41) is 9.39. The van der Waals surface area contributed by atoms with Crippen molar-refractivity contribution in [2.24, 2.45) is 0 Å². The second-order valence-electron chi connectivity index (χ2n) is 3.07. The zero-order valence-corrected chi connectivity index (χ0v) is 7.69. The highest BCUT2D eigenvalue weighted by molar-refractivity contribution is 6.61. The Morgan fingerprint density at radius 1 is 1.64 bits per heavy atom. The third kappa shape index (κ3) is 1.40. The number of fused-ring (bicyclic) bond motifs is 1. The van der Waals surface area contributed by atoms with E-state index in [-0.39, 0.29) is 0 Å². The average Bonchev–Trinajstić information content (AvgIpc) is 2.59. The molecule has 0 amide bonds. The van der Waals surface area contributed by atoms with Crippen LogP contribution in [0.3, 0.4) is 0 Å². The van der Waals surface area contributed by atoms with Crippen molar-refractivity contribution in [3.63, 3.8) is 0 Å². The van der Waals surface area contributed by atoms with Gasteiger partial charge in [-0.2, -0.15) is 0 Å². The van der Waals surface area contributed by atoms with Gasteiger partial charge in [-0.3, -0.25) is 0 Å². The molecule has 0 aromatic heterocycles. The summed E-state index contributed by atoms with van der Waals surface area (Å²) in [5.41, 5.74) is 1.98. The summed E-state index contributed by atoms with van der Waals surface area (Å²) in [7, 11) is 0.400. The smallest absolute Gasteiger partial charge is 0.465 e. The van der Waals surface area contributed by atoms with E-state index >= 15 is 0 Å². The molecule has 0 atom stereocenters. The summed E-state index contributed by atoms with van der Waals surface area (Å²) < 4.78 is 9.56. The standard InChI is InChI=1S/C9H9BO4/c1-13-9(11)6-2-3-7-5-14-10(12)8(7)4-6/h2-4,12H,5H2,1H3. The highest BCUT2D eigenvalue weighted by Crippen LogP contribution is 2.11. The van der Waals surface area contributed by atoms with E-state index in [2.05, 4.69) is 4.74 Å². The molecule has 0 saturated heterocycles. The molecule has 1 aromatic carbocycles. The summed E-state index contributed by atoms with van der Waals surface area (Å²) in [6.07, 6.45) is 0. The first-order valence-electron chi connectivity index (χ1n) is 4.23. The Morgan fingerprint density at radius 3 is 3.14 bits per heavy atom. The summed E-state index contributed by atoms with van der Waals surface area (Å²) in [5.74, 6) is -0.410. The van der Waals surface area contributed by atoms with Gasteiger partial charge >= 0.3 is 13.1 Å². The van der Waals surface area contributed by atoms with Crippen LogP contribution in [0.2, 0.25) is 0 Å². The summed E-state index contributed by atoms with van der Waals surface area (Å²) in [6, 6.07) is 5.02. The lowest BCUT2D eigenvalue weighted by molar-refractivity contribution is 0.0601. The van der Waals surface area contributed by atoms with Crippen molar-refractivity contribution in [3.05, 3.63) is 29.3 Å². The molecule has 1 N–H and O–H groups in total. The molecule has 1 heterocycles. The van der Waals surface area contributed by atoms with Crippen LogP contribution < -0.4 is 5.46 Å². The van der Waals surface area contributed by atoms with Crippen LogP contribution in [0.4, 0.5) is 0 Å². The quantitative estimate of drug-likeness (QED) is 0.489. The zero-order valence-electron chi connectivity index (χ0n) is 7.69. The van der Waals surface area contributed by atoms with Crippen molar-refractivity contribution in [1.82, 2.24) is 0 Å². The van der Waals surface area contributed by atoms with Crippen LogP contribution in [-0.4, -0.2) is 25.2 Å². The van der Waals surface area contributed by atoms with E-state index < -0.39 is 13.1 Å². The third-order valence-electron chi connectivity index (χ3n) is 2.23. The fourth-order valence-corrected chi connectivity index (χ4v) is 1.46. The van der Waals surface area contributed by atoms with Gasteiger partial charge in [0.25, 0.3) is 0 Å². The molecule has 2 rings (SSSR count). The molecule has 0 unspecified atom stereocenters. The molecule has 1 aliphatic rings. The molecular formula is C9H9BO4. The van der Waals surface area contributed by atoms with Crippen LogP contribution in [0.1, 0.15) is 15.9 Å². The van der Waals surface area contributed by atoms with E-state index in [0.29, 0.717) is 17.6 Å². The average molecular weight is 192 g/mol.